The lowest BCUT2D eigenvalue weighted by Crippen LogP contribution is -3.16. The molecule has 1 N–H and O–H groups in total. The van der Waals surface area contributed by atoms with Crippen LogP contribution in [0, 0.1) is 17.0 Å². The lowest BCUT2D eigenvalue weighted by Gasteiger charge is -2.32. The van der Waals surface area contributed by atoms with Crippen LogP contribution in [0.5, 0.6) is 5.75 Å². The second-order valence-electron chi connectivity index (χ2n) is 5.74. The van der Waals surface area contributed by atoms with Crippen molar-refractivity contribution < 1.29 is 19.3 Å². The van der Waals surface area contributed by atoms with Crippen LogP contribution in [0.15, 0.2) is 18.2 Å². The van der Waals surface area contributed by atoms with Crippen molar-refractivity contribution in [1.29, 1.82) is 0 Å². The third-order valence-electron chi connectivity index (χ3n) is 3.64. The Bertz CT molecular complexity index is 496. The molecule has 0 aromatic heterocycles. The summed E-state index contributed by atoms with van der Waals surface area (Å²) in [4.78, 5) is 12.0. The van der Waals surface area contributed by atoms with E-state index in [0.29, 0.717) is 12.4 Å². The van der Waals surface area contributed by atoms with Crippen LogP contribution in [0.4, 0.5) is 5.69 Å². The van der Waals surface area contributed by atoms with E-state index in [1.54, 1.807) is 12.1 Å². The zero-order chi connectivity index (χ0) is 15.4. The quantitative estimate of drug-likeness (QED) is 0.649. The van der Waals surface area contributed by atoms with E-state index in [2.05, 4.69) is 13.8 Å². The van der Waals surface area contributed by atoms with Gasteiger partial charge in [0.15, 0.2) is 5.75 Å². The molecular formula is C15H23N2O4+. The number of hydrogen-bond acceptors (Lipinski definition) is 4. The van der Waals surface area contributed by atoms with E-state index >= 15 is 0 Å². The van der Waals surface area contributed by atoms with Gasteiger partial charge in [0.25, 0.3) is 0 Å². The number of aryl methyl sites for hydroxylation is 1. The number of nitro benzene ring substituents is 1. The maximum absolute atomic E-state index is 11.0. The number of nitrogens with one attached hydrogen (secondary N) is 1. The summed E-state index contributed by atoms with van der Waals surface area (Å²) in [6.45, 7) is 9.16. The Kier molecular flexibility index (Phi) is 5.14. The molecule has 1 aliphatic heterocycles. The summed E-state index contributed by atoms with van der Waals surface area (Å²) >= 11 is 0. The topological polar surface area (TPSA) is 66.0 Å². The van der Waals surface area contributed by atoms with E-state index in [4.69, 9.17) is 9.47 Å². The molecule has 1 aromatic carbocycles. The first kappa shape index (κ1) is 15.7. The van der Waals surface area contributed by atoms with Crippen molar-refractivity contribution in [2.24, 2.45) is 0 Å². The molecule has 1 aromatic rings. The van der Waals surface area contributed by atoms with Gasteiger partial charge in [-0.3, -0.25) is 10.1 Å². The molecule has 1 unspecified atom stereocenters. The molecule has 1 heterocycles. The molecule has 21 heavy (non-hydrogen) atoms. The van der Waals surface area contributed by atoms with Crippen LogP contribution in [0.3, 0.4) is 0 Å². The normalized spacial score (nSPS) is 25.6. The summed E-state index contributed by atoms with van der Waals surface area (Å²) in [5, 5.41) is 11.0. The highest BCUT2D eigenvalue weighted by Crippen LogP contribution is 2.27. The number of morpholine rings is 1. The van der Waals surface area contributed by atoms with E-state index in [1.807, 2.05) is 13.0 Å². The summed E-state index contributed by atoms with van der Waals surface area (Å²) < 4.78 is 11.3. The van der Waals surface area contributed by atoms with Crippen molar-refractivity contribution in [2.75, 3.05) is 26.2 Å². The summed E-state index contributed by atoms with van der Waals surface area (Å²) in [5.41, 5.74) is 0.893. The Morgan fingerprint density at radius 3 is 2.67 bits per heavy atom. The van der Waals surface area contributed by atoms with Crippen molar-refractivity contribution >= 4 is 5.69 Å². The number of rotatable bonds is 5. The summed E-state index contributed by atoms with van der Waals surface area (Å²) in [5.74, 6) is 0.347. The first-order valence-corrected chi connectivity index (χ1v) is 7.32. The predicted molar refractivity (Wildman–Crippen MR) is 78.9 cm³/mol. The zero-order valence-electron chi connectivity index (χ0n) is 12.8. The molecule has 1 aliphatic rings. The lowest BCUT2D eigenvalue weighted by atomic mass is 10.2. The van der Waals surface area contributed by atoms with Crippen LogP contribution in [-0.4, -0.2) is 43.4 Å². The van der Waals surface area contributed by atoms with Crippen molar-refractivity contribution in [1.82, 2.24) is 0 Å². The first-order chi connectivity index (χ1) is 9.95. The van der Waals surface area contributed by atoms with Crippen LogP contribution in [0.2, 0.25) is 0 Å². The fraction of sp³-hybridized carbons (Fsp3) is 0.600. The Hall–Kier alpha value is -1.66. The largest absolute Gasteiger partial charge is 0.481 e. The SMILES string of the molecule is Cc1ccc(OCC[NH+]2C[C@@H](C)O[C@@H](C)C2)c([N+](=O)[O-])c1. The van der Waals surface area contributed by atoms with Crippen molar-refractivity contribution in [3.8, 4) is 5.75 Å². The highest BCUT2D eigenvalue weighted by Gasteiger charge is 2.25. The highest BCUT2D eigenvalue weighted by molar-refractivity contribution is 5.48. The number of benzene rings is 1. The second-order valence-corrected chi connectivity index (χ2v) is 5.74. The maximum Gasteiger partial charge on any atom is 0.311 e. The van der Waals surface area contributed by atoms with Gasteiger partial charge >= 0.3 is 5.69 Å². The van der Waals surface area contributed by atoms with Gasteiger partial charge in [-0.1, -0.05) is 6.07 Å². The van der Waals surface area contributed by atoms with E-state index in [-0.39, 0.29) is 17.9 Å². The molecule has 2 rings (SSSR count). The minimum Gasteiger partial charge on any atom is -0.481 e. The molecule has 0 saturated carbocycles. The molecule has 6 heteroatoms. The lowest BCUT2D eigenvalue weighted by molar-refractivity contribution is -0.915. The Morgan fingerprint density at radius 2 is 2.05 bits per heavy atom. The molecule has 1 fully saturated rings. The second kappa shape index (κ2) is 6.87. The molecule has 0 radical (unpaired) electrons. The van der Waals surface area contributed by atoms with Gasteiger partial charge in [0.1, 0.15) is 38.4 Å². The molecule has 1 saturated heterocycles. The smallest absolute Gasteiger partial charge is 0.311 e. The number of hydrogen-bond donors (Lipinski definition) is 1. The standard InChI is InChI=1S/C15H22N2O4/c1-11-4-5-15(14(8-11)17(18)19)20-7-6-16-9-12(2)21-13(3)10-16/h4-5,8,12-13H,6-7,9-10H2,1-3H3/p+1/t12-,13+. The Labute approximate surface area is 124 Å². The van der Waals surface area contributed by atoms with Crippen molar-refractivity contribution in [3.05, 3.63) is 33.9 Å². The van der Waals surface area contributed by atoms with Crippen molar-refractivity contribution in [3.63, 3.8) is 0 Å². The predicted octanol–water partition coefficient (Wildman–Crippen LogP) is 0.974. The van der Waals surface area contributed by atoms with Crippen LogP contribution in [-0.2, 0) is 4.74 Å². The molecule has 6 nitrogen and oxygen atoms in total. The third-order valence-corrected chi connectivity index (χ3v) is 3.64. The Morgan fingerprint density at radius 1 is 1.38 bits per heavy atom. The molecule has 0 bridgehead atoms. The number of nitro groups is 1. The third kappa shape index (κ3) is 4.41. The van der Waals surface area contributed by atoms with Gasteiger partial charge in [-0.25, -0.2) is 0 Å². The van der Waals surface area contributed by atoms with Gasteiger partial charge in [-0.15, -0.1) is 0 Å². The minimum atomic E-state index is -0.395. The van der Waals surface area contributed by atoms with Crippen LogP contribution >= 0.6 is 0 Å². The minimum absolute atomic E-state index is 0.0358. The molecular weight excluding hydrogens is 272 g/mol. The van der Waals surface area contributed by atoms with Gasteiger partial charge in [0, 0.05) is 6.07 Å². The van der Waals surface area contributed by atoms with E-state index < -0.39 is 4.92 Å². The number of quaternary nitrogens is 1. The Balaban J connectivity index is 1.90. The van der Waals surface area contributed by atoms with Crippen LogP contribution in [0.25, 0.3) is 0 Å². The fourth-order valence-electron chi connectivity index (χ4n) is 2.79. The molecule has 0 spiro atoms. The van der Waals surface area contributed by atoms with E-state index in [1.165, 1.54) is 4.90 Å². The van der Waals surface area contributed by atoms with E-state index in [9.17, 15) is 10.1 Å². The molecule has 116 valence electrons. The van der Waals surface area contributed by atoms with Gasteiger partial charge in [-0.2, -0.15) is 0 Å². The summed E-state index contributed by atoms with van der Waals surface area (Å²) in [7, 11) is 0. The first-order valence-electron chi connectivity index (χ1n) is 7.32. The van der Waals surface area contributed by atoms with Gasteiger partial charge in [0.05, 0.1) is 4.92 Å². The summed E-state index contributed by atoms with van der Waals surface area (Å²) in [6, 6.07) is 5.04. The van der Waals surface area contributed by atoms with Gasteiger partial charge in [-0.05, 0) is 32.4 Å². The van der Waals surface area contributed by atoms with Crippen LogP contribution in [0.1, 0.15) is 19.4 Å². The fourth-order valence-corrected chi connectivity index (χ4v) is 2.79. The number of nitrogens with zero attached hydrogens (tertiary/aromatic N) is 1. The monoisotopic (exact) mass is 295 g/mol. The zero-order valence-corrected chi connectivity index (χ0v) is 12.8. The van der Waals surface area contributed by atoms with E-state index in [0.717, 1.165) is 25.2 Å². The highest BCUT2D eigenvalue weighted by atomic mass is 16.6. The molecule has 0 aliphatic carbocycles. The van der Waals surface area contributed by atoms with Gasteiger partial charge in [0.2, 0.25) is 0 Å². The molecule has 0 amide bonds. The van der Waals surface area contributed by atoms with Crippen molar-refractivity contribution in [2.45, 2.75) is 33.0 Å². The number of ether oxygens (including phenoxy) is 2. The average Bonchev–Trinajstić information content (AvgIpc) is 2.39. The average molecular weight is 295 g/mol. The maximum atomic E-state index is 11.0. The molecule has 3 atom stereocenters. The van der Waals surface area contributed by atoms with Gasteiger partial charge < -0.3 is 14.4 Å². The summed E-state index contributed by atoms with van der Waals surface area (Å²) in [6.07, 6.45) is 0.495. The van der Waals surface area contributed by atoms with Crippen LogP contribution < -0.4 is 9.64 Å².